The Morgan fingerprint density at radius 2 is 1.79 bits per heavy atom. The van der Waals surface area contributed by atoms with Crippen LogP contribution in [0.25, 0.3) is 0 Å². The predicted molar refractivity (Wildman–Crippen MR) is 59.1 cm³/mol. The number of aromatic nitrogens is 1. The molecule has 1 nitrogen and oxygen atoms in total. The molecule has 0 saturated heterocycles. The molecule has 0 radical (unpaired) electrons. The van der Waals surface area contributed by atoms with Gasteiger partial charge in [-0.05, 0) is 47.8 Å². The summed E-state index contributed by atoms with van der Waals surface area (Å²) >= 11 is 0. The number of pyridine rings is 1. The minimum Gasteiger partial charge on any atom is -0.265 e. The lowest BCUT2D eigenvalue weighted by Crippen LogP contribution is -2.24. The first-order chi connectivity index (χ1) is 6.54. The van der Waals surface area contributed by atoms with Gasteiger partial charge in [-0.3, -0.25) is 4.98 Å². The number of nitrogens with zero attached hydrogens (tertiary/aromatic N) is 1. The van der Waals surface area contributed by atoms with Gasteiger partial charge in [0.25, 0.3) is 0 Å². The van der Waals surface area contributed by atoms with E-state index < -0.39 is 0 Å². The molecule has 0 aliphatic heterocycles. The second-order valence-corrected chi connectivity index (χ2v) is 5.56. The molecule has 1 aromatic rings. The monoisotopic (exact) mass is 189 g/mol. The maximum Gasteiger partial charge on any atom is 0.0270 e. The SMILES string of the molecule is CC(C)(C)C1(Cc2ccncc2)CC1. The zero-order valence-corrected chi connectivity index (χ0v) is 9.38. The van der Waals surface area contributed by atoms with Gasteiger partial charge >= 0.3 is 0 Å². The van der Waals surface area contributed by atoms with Crippen LogP contribution in [-0.4, -0.2) is 4.98 Å². The lowest BCUT2D eigenvalue weighted by atomic mass is 9.74. The minimum absolute atomic E-state index is 0.441. The van der Waals surface area contributed by atoms with E-state index in [1.165, 1.54) is 24.8 Å². The Morgan fingerprint density at radius 3 is 2.21 bits per heavy atom. The van der Waals surface area contributed by atoms with E-state index in [0.717, 1.165) is 0 Å². The summed E-state index contributed by atoms with van der Waals surface area (Å²) in [7, 11) is 0. The molecule has 1 heteroatoms. The van der Waals surface area contributed by atoms with Crippen molar-refractivity contribution in [1.29, 1.82) is 0 Å². The molecule has 0 spiro atoms. The van der Waals surface area contributed by atoms with Crippen molar-refractivity contribution < 1.29 is 0 Å². The number of hydrogen-bond donors (Lipinski definition) is 0. The van der Waals surface area contributed by atoms with Gasteiger partial charge in [-0.15, -0.1) is 0 Å². The summed E-state index contributed by atoms with van der Waals surface area (Å²) in [6.07, 6.45) is 7.79. The fourth-order valence-electron chi connectivity index (χ4n) is 2.23. The van der Waals surface area contributed by atoms with Crippen LogP contribution in [0.15, 0.2) is 24.5 Å². The molecule has 1 aliphatic carbocycles. The Morgan fingerprint density at radius 1 is 1.21 bits per heavy atom. The molecule has 1 saturated carbocycles. The fourth-order valence-corrected chi connectivity index (χ4v) is 2.23. The van der Waals surface area contributed by atoms with Crippen molar-refractivity contribution in [3.8, 4) is 0 Å². The standard InChI is InChI=1S/C13H19N/c1-12(2,3)13(6-7-13)10-11-4-8-14-9-5-11/h4-5,8-9H,6-7,10H2,1-3H3. The van der Waals surface area contributed by atoms with Crippen LogP contribution in [0, 0.1) is 10.8 Å². The van der Waals surface area contributed by atoms with Gasteiger partial charge in [0.15, 0.2) is 0 Å². The first kappa shape index (κ1) is 9.70. The molecular weight excluding hydrogens is 170 g/mol. The molecule has 0 bridgehead atoms. The van der Waals surface area contributed by atoms with Gasteiger partial charge in [0, 0.05) is 12.4 Å². The number of rotatable bonds is 2. The molecule has 0 atom stereocenters. The third kappa shape index (κ3) is 1.68. The zero-order chi connectivity index (χ0) is 10.2. The van der Waals surface area contributed by atoms with E-state index in [1.54, 1.807) is 0 Å². The Kier molecular flexibility index (Phi) is 2.13. The molecule has 76 valence electrons. The van der Waals surface area contributed by atoms with Gasteiger partial charge in [-0.25, -0.2) is 0 Å². The average Bonchev–Trinajstić information content (AvgIpc) is 2.86. The third-order valence-corrected chi connectivity index (χ3v) is 3.74. The van der Waals surface area contributed by atoms with Crippen LogP contribution in [0.5, 0.6) is 0 Å². The summed E-state index contributed by atoms with van der Waals surface area (Å²) in [6, 6.07) is 4.29. The summed E-state index contributed by atoms with van der Waals surface area (Å²) in [5.74, 6) is 0. The zero-order valence-electron chi connectivity index (χ0n) is 9.38. The first-order valence-corrected chi connectivity index (χ1v) is 5.42. The normalized spacial score (nSPS) is 19.4. The van der Waals surface area contributed by atoms with E-state index >= 15 is 0 Å². The van der Waals surface area contributed by atoms with Gasteiger partial charge in [0.05, 0.1) is 0 Å². The van der Waals surface area contributed by atoms with Crippen molar-refractivity contribution in [2.45, 2.75) is 40.0 Å². The van der Waals surface area contributed by atoms with Crippen molar-refractivity contribution in [1.82, 2.24) is 4.98 Å². The third-order valence-electron chi connectivity index (χ3n) is 3.74. The van der Waals surface area contributed by atoms with Gasteiger partial charge in [0.1, 0.15) is 0 Å². The van der Waals surface area contributed by atoms with Crippen LogP contribution >= 0.6 is 0 Å². The topological polar surface area (TPSA) is 12.9 Å². The molecule has 0 N–H and O–H groups in total. The maximum absolute atomic E-state index is 4.06. The predicted octanol–water partition coefficient (Wildman–Crippen LogP) is 3.45. The number of hydrogen-bond acceptors (Lipinski definition) is 1. The van der Waals surface area contributed by atoms with Gasteiger partial charge in [0.2, 0.25) is 0 Å². The second-order valence-electron chi connectivity index (χ2n) is 5.56. The Hall–Kier alpha value is -0.850. The van der Waals surface area contributed by atoms with E-state index in [1.807, 2.05) is 12.4 Å². The highest BCUT2D eigenvalue weighted by Crippen LogP contribution is 2.60. The van der Waals surface area contributed by atoms with Crippen molar-refractivity contribution in [3.63, 3.8) is 0 Å². The molecule has 1 aliphatic rings. The largest absolute Gasteiger partial charge is 0.265 e. The van der Waals surface area contributed by atoms with Gasteiger partial charge in [-0.1, -0.05) is 20.8 Å². The Bertz CT molecular complexity index is 304. The van der Waals surface area contributed by atoms with Crippen LogP contribution < -0.4 is 0 Å². The summed E-state index contributed by atoms with van der Waals surface area (Å²) < 4.78 is 0. The van der Waals surface area contributed by atoms with Crippen molar-refractivity contribution >= 4 is 0 Å². The van der Waals surface area contributed by atoms with E-state index in [-0.39, 0.29) is 0 Å². The smallest absolute Gasteiger partial charge is 0.0270 e. The summed E-state index contributed by atoms with van der Waals surface area (Å²) in [5.41, 5.74) is 2.44. The van der Waals surface area contributed by atoms with E-state index in [9.17, 15) is 0 Å². The molecule has 0 unspecified atom stereocenters. The second kappa shape index (κ2) is 3.08. The average molecular weight is 189 g/mol. The fraction of sp³-hybridized carbons (Fsp3) is 0.615. The van der Waals surface area contributed by atoms with Crippen LogP contribution in [0.3, 0.4) is 0 Å². The molecule has 1 fully saturated rings. The van der Waals surface area contributed by atoms with Crippen LogP contribution in [0.1, 0.15) is 39.2 Å². The van der Waals surface area contributed by atoms with Crippen LogP contribution in [0.2, 0.25) is 0 Å². The molecule has 1 heterocycles. The van der Waals surface area contributed by atoms with Crippen LogP contribution in [0.4, 0.5) is 0 Å². The molecule has 2 rings (SSSR count). The van der Waals surface area contributed by atoms with E-state index in [0.29, 0.717) is 10.8 Å². The summed E-state index contributed by atoms with van der Waals surface area (Å²) in [5, 5.41) is 0. The van der Waals surface area contributed by atoms with Crippen molar-refractivity contribution in [2.24, 2.45) is 10.8 Å². The summed E-state index contributed by atoms with van der Waals surface area (Å²) in [6.45, 7) is 7.09. The molecular formula is C13H19N. The molecule has 1 aromatic heterocycles. The first-order valence-electron chi connectivity index (χ1n) is 5.42. The highest BCUT2D eigenvalue weighted by Gasteiger charge is 2.51. The van der Waals surface area contributed by atoms with Gasteiger partial charge < -0.3 is 0 Å². The van der Waals surface area contributed by atoms with Crippen molar-refractivity contribution in [3.05, 3.63) is 30.1 Å². The highest BCUT2D eigenvalue weighted by molar-refractivity contribution is 5.17. The summed E-state index contributed by atoms with van der Waals surface area (Å²) in [4.78, 5) is 4.06. The minimum atomic E-state index is 0.441. The quantitative estimate of drug-likeness (QED) is 0.694. The molecule has 14 heavy (non-hydrogen) atoms. The highest BCUT2D eigenvalue weighted by atomic mass is 14.6. The van der Waals surface area contributed by atoms with Crippen molar-refractivity contribution in [2.75, 3.05) is 0 Å². The van der Waals surface area contributed by atoms with E-state index in [4.69, 9.17) is 0 Å². The lowest BCUT2D eigenvalue weighted by Gasteiger charge is -2.31. The maximum atomic E-state index is 4.06. The Balaban J connectivity index is 2.13. The lowest BCUT2D eigenvalue weighted by molar-refractivity contribution is 0.212. The molecule has 0 amide bonds. The molecule has 0 aromatic carbocycles. The van der Waals surface area contributed by atoms with E-state index in [2.05, 4.69) is 37.9 Å². The van der Waals surface area contributed by atoms with Gasteiger partial charge in [-0.2, -0.15) is 0 Å². The van der Waals surface area contributed by atoms with Crippen LogP contribution in [-0.2, 0) is 6.42 Å². The Labute approximate surface area is 86.6 Å².